The van der Waals surface area contributed by atoms with Gasteiger partial charge in [-0.25, -0.2) is 4.79 Å². The lowest BCUT2D eigenvalue weighted by Gasteiger charge is -2.35. The SMILES string of the molecule is CC(CC(=O)O)(NC(=O)OCC1c2ccccc2-c2ccccc21)C1CCCN1. The number of ether oxygens (including phenoxy) is 1. The monoisotopic (exact) mass is 394 g/mol. The van der Waals surface area contributed by atoms with Crippen LogP contribution in [0.1, 0.15) is 43.2 Å². The fourth-order valence-corrected chi connectivity index (χ4v) is 4.66. The molecule has 0 aromatic heterocycles. The van der Waals surface area contributed by atoms with E-state index in [1.165, 1.54) is 11.1 Å². The fraction of sp³-hybridized carbons (Fsp3) is 0.391. The highest BCUT2D eigenvalue weighted by Crippen LogP contribution is 2.44. The Morgan fingerprint density at radius 2 is 1.76 bits per heavy atom. The number of aliphatic carboxylic acids is 1. The molecule has 1 aliphatic carbocycles. The Balaban J connectivity index is 1.47. The summed E-state index contributed by atoms with van der Waals surface area (Å²) in [5.41, 5.74) is 3.73. The number of carboxylic acid groups (broad SMARTS) is 1. The second kappa shape index (κ2) is 7.87. The summed E-state index contributed by atoms with van der Waals surface area (Å²) in [4.78, 5) is 24.0. The Bertz CT molecular complexity index is 877. The van der Waals surface area contributed by atoms with Crippen molar-refractivity contribution in [2.45, 2.75) is 43.7 Å². The first kappa shape index (κ1) is 19.5. The Morgan fingerprint density at radius 3 is 2.31 bits per heavy atom. The van der Waals surface area contributed by atoms with Crippen LogP contribution in [0, 0.1) is 0 Å². The summed E-state index contributed by atoms with van der Waals surface area (Å²) in [7, 11) is 0. The van der Waals surface area contributed by atoms with E-state index in [4.69, 9.17) is 4.74 Å². The van der Waals surface area contributed by atoms with Gasteiger partial charge in [0, 0.05) is 12.0 Å². The normalized spacial score (nSPS) is 19.8. The molecule has 0 bridgehead atoms. The van der Waals surface area contributed by atoms with Crippen LogP contribution in [0.15, 0.2) is 48.5 Å². The van der Waals surface area contributed by atoms with Crippen molar-refractivity contribution < 1.29 is 19.4 Å². The molecule has 2 aromatic rings. The number of hydrogen-bond donors (Lipinski definition) is 3. The van der Waals surface area contributed by atoms with Gasteiger partial charge >= 0.3 is 12.1 Å². The fourth-order valence-electron chi connectivity index (χ4n) is 4.66. The van der Waals surface area contributed by atoms with Gasteiger partial charge in [0.2, 0.25) is 0 Å². The first-order chi connectivity index (χ1) is 14.0. The van der Waals surface area contributed by atoms with Gasteiger partial charge in [-0.15, -0.1) is 0 Å². The molecule has 1 heterocycles. The van der Waals surface area contributed by atoms with Gasteiger partial charge < -0.3 is 20.5 Å². The highest BCUT2D eigenvalue weighted by Gasteiger charge is 2.40. The first-order valence-corrected chi connectivity index (χ1v) is 10.1. The molecule has 6 nitrogen and oxygen atoms in total. The minimum absolute atomic E-state index is 0.0246. The second-order valence-electron chi connectivity index (χ2n) is 8.09. The van der Waals surface area contributed by atoms with Crippen LogP contribution in [0.4, 0.5) is 4.79 Å². The number of benzene rings is 2. The Morgan fingerprint density at radius 1 is 1.14 bits per heavy atom. The lowest BCUT2D eigenvalue weighted by atomic mass is 9.87. The number of carbonyl (C=O) groups is 2. The number of carboxylic acids is 1. The maximum atomic E-state index is 12.6. The molecule has 2 unspecified atom stereocenters. The van der Waals surface area contributed by atoms with Crippen molar-refractivity contribution in [3.63, 3.8) is 0 Å². The van der Waals surface area contributed by atoms with Gasteiger partial charge in [-0.1, -0.05) is 48.5 Å². The molecule has 3 N–H and O–H groups in total. The molecular formula is C23H26N2O4. The summed E-state index contributed by atoms with van der Waals surface area (Å²) in [5.74, 6) is -0.969. The lowest BCUT2D eigenvalue weighted by molar-refractivity contribution is -0.138. The van der Waals surface area contributed by atoms with Crippen molar-refractivity contribution in [3.05, 3.63) is 59.7 Å². The van der Waals surface area contributed by atoms with Crippen LogP contribution >= 0.6 is 0 Å². The maximum absolute atomic E-state index is 12.6. The molecule has 4 rings (SSSR count). The second-order valence-corrected chi connectivity index (χ2v) is 8.09. The average molecular weight is 394 g/mol. The molecule has 29 heavy (non-hydrogen) atoms. The standard InChI is InChI=1S/C23H26N2O4/c1-23(13-21(26)27,20-11-6-12-24-20)25-22(28)29-14-19-17-9-4-2-7-15(17)16-8-3-5-10-18(16)19/h2-5,7-10,19-20,24H,6,11-14H2,1H3,(H,25,28)(H,26,27). The van der Waals surface area contributed by atoms with Crippen molar-refractivity contribution in [1.82, 2.24) is 10.6 Å². The Kier molecular flexibility index (Phi) is 5.28. The van der Waals surface area contributed by atoms with Gasteiger partial charge in [-0.2, -0.15) is 0 Å². The molecular weight excluding hydrogens is 368 g/mol. The van der Waals surface area contributed by atoms with Gasteiger partial charge in [0.25, 0.3) is 0 Å². The topological polar surface area (TPSA) is 87.7 Å². The third-order valence-corrected chi connectivity index (χ3v) is 6.08. The highest BCUT2D eigenvalue weighted by molar-refractivity contribution is 5.79. The third-order valence-electron chi connectivity index (χ3n) is 6.08. The zero-order valence-corrected chi connectivity index (χ0v) is 16.5. The largest absolute Gasteiger partial charge is 0.481 e. The van der Waals surface area contributed by atoms with Crippen LogP contribution in [0.2, 0.25) is 0 Å². The van der Waals surface area contributed by atoms with E-state index in [1.807, 2.05) is 24.3 Å². The summed E-state index contributed by atoms with van der Waals surface area (Å²) >= 11 is 0. The summed E-state index contributed by atoms with van der Waals surface area (Å²) in [6, 6.07) is 16.2. The predicted octanol–water partition coefficient (Wildman–Crippen LogP) is 3.51. The van der Waals surface area contributed by atoms with Gasteiger partial charge in [0.1, 0.15) is 6.61 Å². The molecule has 2 atom stereocenters. The molecule has 0 spiro atoms. The maximum Gasteiger partial charge on any atom is 0.407 e. The van der Waals surface area contributed by atoms with Gasteiger partial charge in [-0.05, 0) is 48.6 Å². The molecule has 1 aliphatic heterocycles. The van der Waals surface area contributed by atoms with Crippen LogP contribution in [0.3, 0.4) is 0 Å². The van der Waals surface area contributed by atoms with E-state index < -0.39 is 17.6 Å². The first-order valence-electron chi connectivity index (χ1n) is 10.1. The van der Waals surface area contributed by atoms with E-state index in [0.717, 1.165) is 30.5 Å². The van der Waals surface area contributed by atoms with Crippen LogP contribution in [0.25, 0.3) is 11.1 Å². The van der Waals surface area contributed by atoms with E-state index in [2.05, 4.69) is 34.9 Å². The molecule has 0 saturated carbocycles. The summed E-state index contributed by atoms with van der Waals surface area (Å²) < 4.78 is 5.61. The van der Waals surface area contributed by atoms with E-state index in [1.54, 1.807) is 6.92 Å². The van der Waals surface area contributed by atoms with Gasteiger partial charge in [0.15, 0.2) is 0 Å². The van der Waals surface area contributed by atoms with Crippen LogP contribution < -0.4 is 10.6 Å². The lowest BCUT2D eigenvalue weighted by Crippen LogP contribution is -2.58. The zero-order valence-electron chi connectivity index (χ0n) is 16.5. The number of alkyl carbamates (subject to hydrolysis) is 1. The number of amides is 1. The van der Waals surface area contributed by atoms with Gasteiger partial charge in [-0.3, -0.25) is 4.79 Å². The van der Waals surface area contributed by atoms with Crippen molar-refractivity contribution in [2.24, 2.45) is 0 Å². The summed E-state index contributed by atoms with van der Waals surface area (Å²) in [6.45, 7) is 2.80. The van der Waals surface area contributed by atoms with Crippen molar-refractivity contribution >= 4 is 12.1 Å². The number of fused-ring (bicyclic) bond motifs is 3. The van der Waals surface area contributed by atoms with Gasteiger partial charge in [0.05, 0.1) is 12.0 Å². The molecule has 2 aromatic carbocycles. The number of carbonyl (C=O) groups excluding carboxylic acids is 1. The Labute approximate surface area is 170 Å². The predicted molar refractivity (Wildman–Crippen MR) is 110 cm³/mol. The quantitative estimate of drug-likeness (QED) is 0.698. The van der Waals surface area contributed by atoms with E-state index in [9.17, 15) is 14.7 Å². The molecule has 0 radical (unpaired) electrons. The third kappa shape index (κ3) is 3.85. The van der Waals surface area contributed by atoms with E-state index in [0.29, 0.717) is 0 Å². The number of nitrogens with one attached hydrogen (secondary N) is 2. The highest BCUT2D eigenvalue weighted by atomic mass is 16.5. The van der Waals surface area contributed by atoms with Crippen LogP contribution in [0.5, 0.6) is 0 Å². The molecule has 1 fully saturated rings. The van der Waals surface area contributed by atoms with Crippen molar-refractivity contribution in [2.75, 3.05) is 13.2 Å². The molecule has 152 valence electrons. The van der Waals surface area contributed by atoms with Crippen LogP contribution in [-0.4, -0.2) is 41.9 Å². The van der Waals surface area contributed by atoms with E-state index in [-0.39, 0.29) is 25.0 Å². The molecule has 1 saturated heterocycles. The summed E-state index contributed by atoms with van der Waals surface area (Å²) in [5, 5.41) is 15.5. The van der Waals surface area contributed by atoms with E-state index >= 15 is 0 Å². The minimum atomic E-state index is -0.944. The molecule has 6 heteroatoms. The number of rotatable bonds is 6. The Hall–Kier alpha value is -2.86. The molecule has 1 amide bonds. The average Bonchev–Trinajstić information content (AvgIpc) is 3.33. The van der Waals surface area contributed by atoms with Crippen molar-refractivity contribution in [3.8, 4) is 11.1 Å². The smallest absolute Gasteiger partial charge is 0.407 e. The minimum Gasteiger partial charge on any atom is -0.481 e. The number of hydrogen-bond acceptors (Lipinski definition) is 4. The van der Waals surface area contributed by atoms with Crippen molar-refractivity contribution in [1.29, 1.82) is 0 Å². The van der Waals surface area contributed by atoms with Crippen LogP contribution in [-0.2, 0) is 9.53 Å². The summed E-state index contributed by atoms with van der Waals surface area (Å²) in [6.07, 6.45) is 1.05. The zero-order chi connectivity index (χ0) is 20.4. The molecule has 2 aliphatic rings.